The summed E-state index contributed by atoms with van der Waals surface area (Å²) in [6.07, 6.45) is -0.0738. The number of nitrogens with zero attached hydrogens (tertiary/aromatic N) is 1. The van der Waals surface area contributed by atoms with Crippen molar-refractivity contribution in [1.82, 2.24) is 4.98 Å². The Morgan fingerprint density at radius 3 is 2.83 bits per heavy atom. The number of carbonyl (C=O) groups is 1. The normalized spacial score (nSPS) is 12.3. The molecular formula is C14H16N2O2. The average molecular weight is 244 g/mol. The van der Waals surface area contributed by atoms with E-state index in [0.29, 0.717) is 12.2 Å². The molecule has 0 bridgehead atoms. The summed E-state index contributed by atoms with van der Waals surface area (Å²) in [5, 5.41) is 0.984. The maximum absolute atomic E-state index is 11.2. The SMILES string of the molecule is CCC(Oc1cccc2ccc(C)nc12)C(N)=O. The van der Waals surface area contributed by atoms with Crippen molar-refractivity contribution >= 4 is 16.8 Å². The van der Waals surface area contributed by atoms with Crippen LogP contribution in [0, 0.1) is 6.92 Å². The van der Waals surface area contributed by atoms with E-state index in [9.17, 15) is 4.79 Å². The molecule has 2 aromatic rings. The van der Waals surface area contributed by atoms with Crippen LogP contribution in [0.3, 0.4) is 0 Å². The molecule has 2 N–H and O–H groups in total. The second-order valence-corrected chi connectivity index (χ2v) is 4.20. The van der Waals surface area contributed by atoms with Crippen LogP contribution in [-0.4, -0.2) is 17.0 Å². The van der Waals surface area contributed by atoms with Crippen molar-refractivity contribution in [3.63, 3.8) is 0 Å². The molecule has 2 rings (SSSR count). The Balaban J connectivity index is 2.44. The van der Waals surface area contributed by atoms with Crippen LogP contribution < -0.4 is 10.5 Å². The van der Waals surface area contributed by atoms with Gasteiger partial charge in [0.25, 0.3) is 5.91 Å². The molecule has 1 atom stereocenters. The van der Waals surface area contributed by atoms with E-state index in [0.717, 1.165) is 16.6 Å². The van der Waals surface area contributed by atoms with Gasteiger partial charge in [0, 0.05) is 11.1 Å². The van der Waals surface area contributed by atoms with Gasteiger partial charge in [-0.25, -0.2) is 4.98 Å². The maximum Gasteiger partial charge on any atom is 0.258 e. The zero-order chi connectivity index (χ0) is 13.1. The molecule has 0 spiro atoms. The van der Waals surface area contributed by atoms with Gasteiger partial charge in [0.2, 0.25) is 0 Å². The quantitative estimate of drug-likeness (QED) is 0.896. The minimum atomic E-state index is -0.613. The van der Waals surface area contributed by atoms with Crippen molar-refractivity contribution in [2.45, 2.75) is 26.4 Å². The van der Waals surface area contributed by atoms with Crippen molar-refractivity contribution < 1.29 is 9.53 Å². The number of carbonyl (C=O) groups excluding carboxylic acids is 1. The van der Waals surface area contributed by atoms with Crippen molar-refractivity contribution in [1.29, 1.82) is 0 Å². The zero-order valence-corrected chi connectivity index (χ0v) is 10.5. The highest BCUT2D eigenvalue weighted by atomic mass is 16.5. The van der Waals surface area contributed by atoms with E-state index in [1.165, 1.54) is 0 Å². The first kappa shape index (κ1) is 12.4. The van der Waals surface area contributed by atoms with Crippen molar-refractivity contribution in [3.8, 4) is 5.75 Å². The highest BCUT2D eigenvalue weighted by Crippen LogP contribution is 2.25. The van der Waals surface area contributed by atoms with E-state index in [4.69, 9.17) is 10.5 Å². The van der Waals surface area contributed by atoms with Gasteiger partial charge in [-0.3, -0.25) is 4.79 Å². The number of hydrogen-bond donors (Lipinski definition) is 1. The van der Waals surface area contributed by atoms with Crippen LogP contribution in [0.25, 0.3) is 10.9 Å². The Morgan fingerprint density at radius 1 is 1.39 bits per heavy atom. The number of aromatic nitrogens is 1. The average Bonchev–Trinajstić information content (AvgIpc) is 2.35. The summed E-state index contributed by atoms with van der Waals surface area (Å²) in [6, 6.07) is 9.57. The number of hydrogen-bond acceptors (Lipinski definition) is 3. The van der Waals surface area contributed by atoms with Crippen LogP contribution in [-0.2, 0) is 4.79 Å². The number of benzene rings is 1. The Hall–Kier alpha value is -2.10. The molecule has 4 nitrogen and oxygen atoms in total. The van der Waals surface area contributed by atoms with Gasteiger partial charge in [-0.2, -0.15) is 0 Å². The fourth-order valence-corrected chi connectivity index (χ4v) is 1.81. The number of ether oxygens (including phenoxy) is 1. The second kappa shape index (κ2) is 5.04. The molecule has 1 aromatic heterocycles. The Labute approximate surface area is 106 Å². The lowest BCUT2D eigenvalue weighted by molar-refractivity contribution is -0.124. The third kappa shape index (κ3) is 2.42. The lowest BCUT2D eigenvalue weighted by Gasteiger charge is -2.15. The number of rotatable bonds is 4. The number of amides is 1. The molecule has 4 heteroatoms. The molecule has 1 aromatic carbocycles. The fraction of sp³-hybridized carbons (Fsp3) is 0.286. The Morgan fingerprint density at radius 2 is 2.17 bits per heavy atom. The molecular weight excluding hydrogens is 228 g/mol. The summed E-state index contributed by atoms with van der Waals surface area (Å²) in [4.78, 5) is 15.7. The molecule has 94 valence electrons. The fourth-order valence-electron chi connectivity index (χ4n) is 1.81. The van der Waals surface area contributed by atoms with E-state index in [1.54, 1.807) is 6.07 Å². The molecule has 0 radical (unpaired) electrons. The van der Waals surface area contributed by atoms with E-state index in [-0.39, 0.29) is 0 Å². The summed E-state index contributed by atoms with van der Waals surface area (Å²) in [5.41, 5.74) is 6.95. The first-order valence-electron chi connectivity index (χ1n) is 5.94. The van der Waals surface area contributed by atoms with Crippen molar-refractivity contribution in [3.05, 3.63) is 36.0 Å². The summed E-state index contributed by atoms with van der Waals surface area (Å²) in [5.74, 6) is 0.143. The summed E-state index contributed by atoms with van der Waals surface area (Å²) >= 11 is 0. The largest absolute Gasteiger partial charge is 0.478 e. The molecule has 0 aliphatic carbocycles. The second-order valence-electron chi connectivity index (χ2n) is 4.20. The molecule has 1 heterocycles. The third-order valence-corrected chi connectivity index (χ3v) is 2.78. The van der Waals surface area contributed by atoms with Gasteiger partial charge in [-0.05, 0) is 25.5 Å². The number of primary amides is 1. The van der Waals surface area contributed by atoms with Gasteiger partial charge in [0.15, 0.2) is 6.10 Å². The molecule has 1 amide bonds. The number of fused-ring (bicyclic) bond motifs is 1. The monoisotopic (exact) mass is 244 g/mol. The lowest BCUT2D eigenvalue weighted by Crippen LogP contribution is -2.33. The minimum absolute atomic E-state index is 0.456. The summed E-state index contributed by atoms with van der Waals surface area (Å²) in [6.45, 7) is 3.78. The van der Waals surface area contributed by atoms with Crippen LogP contribution in [0.5, 0.6) is 5.75 Å². The van der Waals surface area contributed by atoms with Crippen LogP contribution in [0.15, 0.2) is 30.3 Å². The molecule has 0 saturated heterocycles. The summed E-state index contributed by atoms with van der Waals surface area (Å²) < 4.78 is 5.66. The number of nitrogens with two attached hydrogens (primary N) is 1. The minimum Gasteiger partial charge on any atom is -0.478 e. The number of para-hydroxylation sites is 1. The van der Waals surface area contributed by atoms with Crippen LogP contribution in [0.2, 0.25) is 0 Å². The van der Waals surface area contributed by atoms with Crippen molar-refractivity contribution in [2.75, 3.05) is 0 Å². The molecule has 0 fully saturated rings. The van der Waals surface area contributed by atoms with E-state index in [1.807, 2.05) is 38.1 Å². The highest BCUT2D eigenvalue weighted by molar-refractivity contribution is 5.85. The van der Waals surface area contributed by atoms with E-state index in [2.05, 4.69) is 4.98 Å². The topological polar surface area (TPSA) is 65.2 Å². The molecule has 1 unspecified atom stereocenters. The van der Waals surface area contributed by atoms with Crippen molar-refractivity contribution in [2.24, 2.45) is 5.73 Å². The van der Waals surface area contributed by atoms with Gasteiger partial charge in [0.1, 0.15) is 11.3 Å². The van der Waals surface area contributed by atoms with Gasteiger partial charge in [-0.1, -0.05) is 25.1 Å². The standard InChI is InChI=1S/C14H16N2O2/c1-3-11(14(15)17)18-12-6-4-5-10-8-7-9(2)16-13(10)12/h4-8,11H,3H2,1-2H3,(H2,15,17). The predicted octanol–water partition coefficient (Wildman–Crippen LogP) is 2.19. The van der Waals surface area contributed by atoms with E-state index < -0.39 is 12.0 Å². The number of aryl methyl sites for hydroxylation is 1. The predicted molar refractivity (Wildman–Crippen MR) is 70.4 cm³/mol. The lowest BCUT2D eigenvalue weighted by atomic mass is 10.2. The third-order valence-electron chi connectivity index (χ3n) is 2.78. The van der Waals surface area contributed by atoms with Gasteiger partial charge in [-0.15, -0.1) is 0 Å². The van der Waals surface area contributed by atoms with Crippen LogP contribution in [0.1, 0.15) is 19.0 Å². The van der Waals surface area contributed by atoms with Gasteiger partial charge < -0.3 is 10.5 Å². The first-order chi connectivity index (χ1) is 8.61. The Kier molecular flexibility index (Phi) is 3.46. The van der Waals surface area contributed by atoms with Crippen LogP contribution >= 0.6 is 0 Å². The molecule has 0 aliphatic rings. The van der Waals surface area contributed by atoms with E-state index >= 15 is 0 Å². The molecule has 18 heavy (non-hydrogen) atoms. The first-order valence-corrected chi connectivity index (χ1v) is 5.94. The Bertz CT molecular complexity index is 581. The van der Waals surface area contributed by atoms with Gasteiger partial charge in [0.05, 0.1) is 0 Å². The molecule has 0 aliphatic heterocycles. The van der Waals surface area contributed by atoms with Crippen LogP contribution in [0.4, 0.5) is 0 Å². The maximum atomic E-state index is 11.2. The highest BCUT2D eigenvalue weighted by Gasteiger charge is 2.16. The zero-order valence-electron chi connectivity index (χ0n) is 10.5. The number of pyridine rings is 1. The molecule has 0 saturated carbocycles. The summed E-state index contributed by atoms with van der Waals surface area (Å²) in [7, 11) is 0. The van der Waals surface area contributed by atoms with Gasteiger partial charge >= 0.3 is 0 Å². The smallest absolute Gasteiger partial charge is 0.258 e.